The summed E-state index contributed by atoms with van der Waals surface area (Å²) in [6.07, 6.45) is 0. The van der Waals surface area contributed by atoms with Gasteiger partial charge in [-0.3, -0.25) is 0 Å². The Hall–Kier alpha value is -9.17. The molecule has 400 valence electrons. The average molecular weight is 1080 g/mol. The van der Waals surface area contributed by atoms with Gasteiger partial charge in [-0.1, -0.05) is 248 Å². The number of hydrogen-bond donors (Lipinski definition) is 1. The Bertz CT molecular complexity index is 4100. The van der Waals surface area contributed by atoms with E-state index in [1.54, 1.807) is 0 Å². The molecule has 6 nitrogen and oxygen atoms in total. The minimum atomic E-state index is -0.476. The van der Waals surface area contributed by atoms with Crippen molar-refractivity contribution >= 4 is 18.2 Å². The van der Waals surface area contributed by atoms with Crippen LogP contribution in [0.15, 0.2) is 241 Å². The molecule has 0 saturated carbocycles. The highest BCUT2D eigenvalue weighted by molar-refractivity contribution is 7.85. The molecule has 0 spiro atoms. The number of aromatic nitrogens is 6. The van der Waals surface area contributed by atoms with Crippen LogP contribution in [0.5, 0.6) is 0 Å². The SMILES string of the molecule is CC1=C(S)C(c2nc(-c3ccccc3)nc(-c3ccccc3)n2)=C(C)C(c2cccc(C3(c4cccc(C)c4)c4ccccc4-c4ccccc43)c2)C1C.Cc1cc(C)c(-c2nc(-c3ccccc3)nc(-c3ccccc3)n2)c(C)c1C. The highest BCUT2D eigenvalue weighted by Crippen LogP contribution is 2.57. The van der Waals surface area contributed by atoms with Crippen molar-refractivity contribution in [3.05, 3.63) is 302 Å². The van der Waals surface area contributed by atoms with Gasteiger partial charge in [-0.15, -0.1) is 12.6 Å². The molecule has 9 aromatic carbocycles. The zero-order valence-corrected chi connectivity index (χ0v) is 48.5. The van der Waals surface area contributed by atoms with E-state index >= 15 is 0 Å². The number of nitrogens with zero attached hydrogens (tertiary/aromatic N) is 6. The van der Waals surface area contributed by atoms with Crippen LogP contribution in [0.4, 0.5) is 0 Å². The Balaban J connectivity index is 0.000000199. The van der Waals surface area contributed by atoms with Crippen LogP contribution in [0.1, 0.15) is 88.1 Å². The third-order valence-corrected chi connectivity index (χ3v) is 17.5. The number of aryl methyl sites for hydroxylation is 3. The normalized spacial score (nSPS) is 15.1. The average Bonchev–Trinajstić information content (AvgIpc) is 2.20. The molecule has 0 radical (unpaired) electrons. The second-order valence-corrected chi connectivity index (χ2v) is 22.4. The molecule has 2 atom stereocenters. The number of rotatable bonds is 9. The second-order valence-electron chi connectivity index (χ2n) is 21.9. The minimum absolute atomic E-state index is 0.0782. The van der Waals surface area contributed by atoms with E-state index in [1.165, 1.54) is 77.9 Å². The number of fused-ring (bicyclic) bond motifs is 3. The predicted molar refractivity (Wildman–Crippen MR) is 340 cm³/mol. The topological polar surface area (TPSA) is 77.3 Å². The van der Waals surface area contributed by atoms with Crippen molar-refractivity contribution in [3.63, 3.8) is 0 Å². The van der Waals surface area contributed by atoms with E-state index in [0.717, 1.165) is 44.1 Å². The lowest BCUT2D eigenvalue weighted by molar-refractivity contribution is 0.572. The fourth-order valence-electron chi connectivity index (χ4n) is 12.5. The highest BCUT2D eigenvalue weighted by Gasteiger charge is 2.46. The molecular weight excluding hydrogens is 1020 g/mol. The molecule has 13 rings (SSSR count). The summed E-state index contributed by atoms with van der Waals surface area (Å²) < 4.78 is 0. The Morgan fingerprint density at radius 3 is 1.26 bits per heavy atom. The smallest absolute Gasteiger partial charge is 0.165 e. The van der Waals surface area contributed by atoms with Gasteiger partial charge in [0.05, 0.1) is 5.41 Å². The van der Waals surface area contributed by atoms with Crippen LogP contribution in [0.25, 0.3) is 73.6 Å². The summed E-state index contributed by atoms with van der Waals surface area (Å²) in [6.45, 7) is 17.6. The first-order valence-electron chi connectivity index (χ1n) is 28.2. The van der Waals surface area contributed by atoms with Gasteiger partial charge in [-0.25, -0.2) is 29.9 Å². The second kappa shape index (κ2) is 22.4. The van der Waals surface area contributed by atoms with E-state index in [1.807, 2.05) is 97.1 Å². The molecule has 0 amide bonds. The predicted octanol–water partition coefficient (Wildman–Crippen LogP) is 18.4. The summed E-state index contributed by atoms with van der Waals surface area (Å²) >= 11 is 5.22. The van der Waals surface area contributed by atoms with E-state index < -0.39 is 5.41 Å². The summed E-state index contributed by atoms with van der Waals surface area (Å²) in [5, 5.41) is 0. The van der Waals surface area contributed by atoms with Crippen LogP contribution in [-0.2, 0) is 5.41 Å². The van der Waals surface area contributed by atoms with Crippen LogP contribution in [0, 0.1) is 40.5 Å². The van der Waals surface area contributed by atoms with E-state index in [2.05, 4.69) is 183 Å². The molecule has 7 heteroatoms. The van der Waals surface area contributed by atoms with Gasteiger partial charge in [0, 0.05) is 44.2 Å². The fourth-order valence-corrected chi connectivity index (χ4v) is 13.0. The lowest BCUT2D eigenvalue weighted by atomic mass is 9.66. The molecule has 0 bridgehead atoms. The van der Waals surface area contributed by atoms with Gasteiger partial charge in [0.15, 0.2) is 34.9 Å². The molecule has 0 fully saturated rings. The summed E-state index contributed by atoms with van der Waals surface area (Å²) in [4.78, 5) is 30.8. The quantitative estimate of drug-likeness (QED) is 0.145. The summed E-state index contributed by atoms with van der Waals surface area (Å²) in [5.41, 5.74) is 23.2. The van der Waals surface area contributed by atoms with E-state index in [4.69, 9.17) is 42.5 Å². The standard InChI is InChI=1S/C50H41N3S.C25H23N3/c1-31-17-15-23-38(29-31)50(42-27-13-11-25-40(42)41-26-12-14-28-43(41)50)39-24-16-22-37(30-39)44-32(2)33(3)46(54)45(34(44)4)49-52-47(35-18-7-5-8-19-35)51-48(53-49)36-20-9-6-10-21-36;1-16-15-17(2)22(19(4)18(16)3)25-27-23(20-11-7-5-8-12-20)26-24(28-25)21-13-9-6-10-14-21/h5-30,32,44,54H,1-4H3;5-15H,1-4H3. The minimum Gasteiger partial charge on any atom is -0.208 e. The lowest BCUT2D eigenvalue weighted by Gasteiger charge is -2.37. The maximum atomic E-state index is 5.22. The molecule has 0 N–H and O–H groups in total. The van der Waals surface area contributed by atoms with Crippen LogP contribution in [0.2, 0.25) is 0 Å². The van der Waals surface area contributed by atoms with Crippen molar-refractivity contribution in [2.75, 3.05) is 0 Å². The maximum absolute atomic E-state index is 5.22. The van der Waals surface area contributed by atoms with Crippen LogP contribution in [-0.4, -0.2) is 29.9 Å². The van der Waals surface area contributed by atoms with Gasteiger partial charge in [0.1, 0.15) is 0 Å². The summed E-state index contributed by atoms with van der Waals surface area (Å²) in [7, 11) is 0. The first kappa shape index (κ1) is 53.5. The Morgan fingerprint density at radius 2 is 0.780 bits per heavy atom. The van der Waals surface area contributed by atoms with Crippen LogP contribution >= 0.6 is 12.6 Å². The van der Waals surface area contributed by atoms with Gasteiger partial charge in [0.2, 0.25) is 0 Å². The first-order valence-corrected chi connectivity index (χ1v) is 28.6. The Kier molecular flexibility index (Phi) is 14.6. The molecule has 82 heavy (non-hydrogen) atoms. The zero-order chi connectivity index (χ0) is 56.6. The number of hydrogen-bond acceptors (Lipinski definition) is 7. The third kappa shape index (κ3) is 9.69. The van der Waals surface area contributed by atoms with Gasteiger partial charge in [-0.05, 0) is 116 Å². The summed E-state index contributed by atoms with van der Waals surface area (Å²) in [5.74, 6) is 4.35. The number of allylic oxidation sites excluding steroid dienone is 3. The van der Waals surface area contributed by atoms with Crippen LogP contribution < -0.4 is 0 Å². The maximum Gasteiger partial charge on any atom is 0.165 e. The van der Waals surface area contributed by atoms with E-state index in [0.29, 0.717) is 29.1 Å². The zero-order valence-electron chi connectivity index (χ0n) is 47.6. The molecule has 2 aliphatic rings. The van der Waals surface area contributed by atoms with Crippen molar-refractivity contribution in [3.8, 4) is 68.1 Å². The monoisotopic (exact) mass is 1080 g/mol. The van der Waals surface area contributed by atoms with Crippen molar-refractivity contribution in [2.24, 2.45) is 5.92 Å². The third-order valence-electron chi connectivity index (χ3n) is 16.9. The number of benzene rings is 9. The van der Waals surface area contributed by atoms with E-state index in [9.17, 15) is 0 Å². The van der Waals surface area contributed by atoms with Gasteiger partial charge in [0.25, 0.3) is 0 Å². The number of thiol groups is 1. The largest absolute Gasteiger partial charge is 0.208 e. The van der Waals surface area contributed by atoms with E-state index in [-0.39, 0.29) is 11.8 Å². The lowest BCUT2D eigenvalue weighted by Crippen LogP contribution is -2.29. The van der Waals surface area contributed by atoms with Crippen LogP contribution in [0.3, 0.4) is 0 Å². The van der Waals surface area contributed by atoms with Gasteiger partial charge in [-0.2, -0.15) is 0 Å². The first-order chi connectivity index (χ1) is 39.9. The molecule has 0 aliphatic heterocycles. The molecule has 2 aromatic heterocycles. The Morgan fingerprint density at radius 1 is 0.366 bits per heavy atom. The Labute approximate surface area is 488 Å². The fraction of sp³-hybridized carbons (Fsp3) is 0.147. The molecular formula is C75H64N6S. The summed E-state index contributed by atoms with van der Waals surface area (Å²) in [6, 6.07) is 79.1. The highest BCUT2D eigenvalue weighted by atomic mass is 32.1. The van der Waals surface area contributed by atoms with Crippen molar-refractivity contribution in [1.82, 2.24) is 29.9 Å². The van der Waals surface area contributed by atoms with Crippen molar-refractivity contribution in [2.45, 2.75) is 66.7 Å². The van der Waals surface area contributed by atoms with Gasteiger partial charge < -0.3 is 0 Å². The van der Waals surface area contributed by atoms with Crippen molar-refractivity contribution in [1.29, 1.82) is 0 Å². The molecule has 2 aliphatic carbocycles. The molecule has 11 aromatic rings. The van der Waals surface area contributed by atoms with Crippen molar-refractivity contribution < 1.29 is 0 Å². The molecule has 0 saturated heterocycles. The molecule has 2 heterocycles. The molecule has 2 unspecified atom stereocenters. The van der Waals surface area contributed by atoms with Gasteiger partial charge >= 0.3 is 0 Å².